The average Bonchev–Trinajstić information content (AvgIpc) is 3.36. The Kier molecular flexibility index (Phi) is 56.4. The van der Waals surface area contributed by atoms with Crippen LogP contribution in [0.25, 0.3) is 0 Å². The molecule has 0 spiro atoms. The van der Waals surface area contributed by atoms with Crippen molar-refractivity contribution in [3.8, 4) is 0 Å². The second-order valence-electron chi connectivity index (χ2n) is 23.1. The van der Waals surface area contributed by atoms with Crippen molar-refractivity contribution in [3.63, 3.8) is 0 Å². The molecule has 0 saturated heterocycles. The van der Waals surface area contributed by atoms with Gasteiger partial charge in [-0.05, 0) is 31.1 Å². The zero-order valence-electron chi connectivity index (χ0n) is 48.9. The largest absolute Gasteiger partial charge is 0.462 e. The van der Waals surface area contributed by atoms with E-state index in [4.69, 9.17) is 14.2 Å². The minimum absolute atomic E-state index is 0.0617. The molecule has 0 aromatic carbocycles. The molecular formula is C65H126O6. The summed E-state index contributed by atoms with van der Waals surface area (Å²) in [5.74, 6) is 0.927. The first-order chi connectivity index (χ1) is 34.8. The highest BCUT2D eigenvalue weighted by Crippen LogP contribution is 2.19. The molecule has 0 N–H and O–H groups in total. The Balaban J connectivity index is 4.24. The Morgan fingerprint density at radius 3 is 0.803 bits per heavy atom. The summed E-state index contributed by atoms with van der Waals surface area (Å²) < 4.78 is 17.0. The maximum Gasteiger partial charge on any atom is 0.306 e. The lowest BCUT2D eigenvalue weighted by Crippen LogP contribution is -2.30. The summed E-state index contributed by atoms with van der Waals surface area (Å²) in [6.45, 7) is 11.5. The van der Waals surface area contributed by atoms with Crippen LogP contribution in [0.1, 0.15) is 369 Å². The number of carbonyl (C=O) groups excluding carboxylic acids is 3. The van der Waals surface area contributed by atoms with Gasteiger partial charge in [0.2, 0.25) is 0 Å². The Bertz CT molecular complexity index is 1090. The summed E-state index contributed by atoms with van der Waals surface area (Å²) in [6, 6.07) is 0. The maximum absolute atomic E-state index is 12.9. The van der Waals surface area contributed by atoms with E-state index in [-0.39, 0.29) is 31.1 Å². The first-order valence-corrected chi connectivity index (χ1v) is 32.3. The molecule has 0 radical (unpaired) electrons. The molecule has 2 atom stereocenters. The van der Waals surface area contributed by atoms with Crippen molar-refractivity contribution in [2.24, 2.45) is 11.8 Å². The molecule has 0 aromatic rings. The lowest BCUT2D eigenvalue weighted by Gasteiger charge is -2.18. The third-order valence-corrected chi connectivity index (χ3v) is 15.3. The fourth-order valence-corrected chi connectivity index (χ4v) is 10.1. The van der Waals surface area contributed by atoms with E-state index in [1.54, 1.807) is 0 Å². The van der Waals surface area contributed by atoms with Crippen LogP contribution in [0.15, 0.2) is 0 Å². The lowest BCUT2D eigenvalue weighted by atomic mass is 9.99. The molecule has 0 aromatic heterocycles. The first kappa shape index (κ1) is 69.4. The van der Waals surface area contributed by atoms with Gasteiger partial charge in [-0.15, -0.1) is 0 Å². The minimum Gasteiger partial charge on any atom is -0.462 e. The van der Waals surface area contributed by atoms with Gasteiger partial charge >= 0.3 is 17.9 Å². The molecule has 0 bridgehead atoms. The predicted octanol–water partition coefficient (Wildman–Crippen LogP) is 21.6. The topological polar surface area (TPSA) is 78.9 Å². The number of unbranched alkanes of at least 4 members (excludes halogenated alkanes) is 43. The molecule has 0 aliphatic carbocycles. The summed E-state index contributed by atoms with van der Waals surface area (Å²) in [5.41, 5.74) is 0. The summed E-state index contributed by atoms with van der Waals surface area (Å²) in [7, 11) is 0. The third-order valence-electron chi connectivity index (χ3n) is 15.3. The summed E-state index contributed by atoms with van der Waals surface area (Å²) in [5, 5.41) is 0. The van der Waals surface area contributed by atoms with E-state index in [1.807, 2.05) is 0 Å². The smallest absolute Gasteiger partial charge is 0.306 e. The molecule has 1 unspecified atom stereocenters. The molecule has 6 nitrogen and oxygen atoms in total. The molecule has 0 heterocycles. The maximum atomic E-state index is 12.9. The van der Waals surface area contributed by atoms with Crippen molar-refractivity contribution >= 4 is 17.9 Å². The second-order valence-corrected chi connectivity index (χ2v) is 23.1. The van der Waals surface area contributed by atoms with Gasteiger partial charge in [0.15, 0.2) is 6.10 Å². The monoisotopic (exact) mass is 1000 g/mol. The second kappa shape index (κ2) is 57.7. The standard InChI is InChI=1S/C65H126O6/c1-6-8-9-10-11-12-13-23-30-35-40-45-50-55-63(66)69-58-62(71-65(68)57-52-47-42-37-32-27-22-18-19-24-28-33-38-43-48-53-60(3)4)59-70-64(67)56-51-46-41-36-31-26-21-17-15-14-16-20-25-29-34-39-44-49-54-61(5)7-2/h60-62H,6-59H2,1-5H3/t61?,62-/m0/s1. The normalized spacial score (nSPS) is 12.4. The molecule has 0 saturated carbocycles. The van der Waals surface area contributed by atoms with Gasteiger partial charge in [-0.3, -0.25) is 14.4 Å². The Morgan fingerprint density at radius 1 is 0.296 bits per heavy atom. The van der Waals surface area contributed by atoms with Crippen LogP contribution in [-0.2, 0) is 28.6 Å². The van der Waals surface area contributed by atoms with Crippen LogP contribution in [0.2, 0.25) is 0 Å². The van der Waals surface area contributed by atoms with Crippen LogP contribution < -0.4 is 0 Å². The summed E-state index contributed by atoms with van der Waals surface area (Å²) in [6.07, 6.45) is 63.8. The van der Waals surface area contributed by atoms with Crippen LogP contribution >= 0.6 is 0 Å². The van der Waals surface area contributed by atoms with E-state index in [2.05, 4.69) is 34.6 Å². The highest BCUT2D eigenvalue weighted by Gasteiger charge is 2.19. The average molecular weight is 1000 g/mol. The molecule has 0 aliphatic heterocycles. The Hall–Kier alpha value is -1.59. The van der Waals surface area contributed by atoms with Crippen molar-refractivity contribution in [2.75, 3.05) is 13.2 Å². The third kappa shape index (κ3) is 57.5. The van der Waals surface area contributed by atoms with Crippen molar-refractivity contribution in [3.05, 3.63) is 0 Å². The Labute approximate surface area is 444 Å². The van der Waals surface area contributed by atoms with Gasteiger partial charge in [-0.25, -0.2) is 0 Å². The predicted molar refractivity (Wildman–Crippen MR) is 307 cm³/mol. The molecule has 6 heteroatoms. The van der Waals surface area contributed by atoms with Crippen LogP contribution in [0.4, 0.5) is 0 Å². The van der Waals surface area contributed by atoms with E-state index in [1.165, 1.54) is 257 Å². The van der Waals surface area contributed by atoms with Gasteiger partial charge in [0.25, 0.3) is 0 Å². The summed E-state index contributed by atoms with van der Waals surface area (Å²) in [4.78, 5) is 38.3. The first-order valence-electron chi connectivity index (χ1n) is 32.3. The van der Waals surface area contributed by atoms with Crippen molar-refractivity contribution in [1.82, 2.24) is 0 Å². The SMILES string of the molecule is CCCCCCCCCCCCCCCC(=O)OC[C@@H](COC(=O)CCCCCCCCCCCCCCCCCCCCC(C)CC)OC(=O)CCCCCCCCCCCCCCCCCC(C)C. The van der Waals surface area contributed by atoms with Crippen LogP contribution in [0, 0.1) is 11.8 Å². The molecule has 71 heavy (non-hydrogen) atoms. The highest BCUT2D eigenvalue weighted by atomic mass is 16.6. The number of ether oxygens (including phenoxy) is 3. The number of esters is 3. The van der Waals surface area contributed by atoms with Gasteiger partial charge in [-0.2, -0.15) is 0 Å². The highest BCUT2D eigenvalue weighted by molar-refractivity contribution is 5.71. The zero-order chi connectivity index (χ0) is 51.8. The fourth-order valence-electron chi connectivity index (χ4n) is 10.1. The van der Waals surface area contributed by atoms with Gasteiger partial charge in [0, 0.05) is 19.3 Å². The van der Waals surface area contributed by atoms with E-state index in [0.29, 0.717) is 19.3 Å². The molecule has 0 amide bonds. The lowest BCUT2D eigenvalue weighted by molar-refractivity contribution is -0.167. The van der Waals surface area contributed by atoms with E-state index >= 15 is 0 Å². The van der Waals surface area contributed by atoms with Gasteiger partial charge in [-0.1, -0.05) is 330 Å². The van der Waals surface area contributed by atoms with E-state index < -0.39 is 6.10 Å². The van der Waals surface area contributed by atoms with Crippen LogP contribution in [0.5, 0.6) is 0 Å². The van der Waals surface area contributed by atoms with Crippen molar-refractivity contribution < 1.29 is 28.6 Å². The molecule has 0 fully saturated rings. The molecule has 0 aliphatic rings. The van der Waals surface area contributed by atoms with Crippen LogP contribution in [0.3, 0.4) is 0 Å². The van der Waals surface area contributed by atoms with Crippen molar-refractivity contribution in [2.45, 2.75) is 375 Å². The molecular weight excluding hydrogens is 877 g/mol. The van der Waals surface area contributed by atoms with Gasteiger partial charge < -0.3 is 14.2 Å². The van der Waals surface area contributed by atoms with E-state index in [0.717, 1.165) is 69.6 Å². The van der Waals surface area contributed by atoms with Gasteiger partial charge in [0.1, 0.15) is 13.2 Å². The minimum atomic E-state index is -0.763. The Morgan fingerprint density at radius 2 is 0.535 bits per heavy atom. The number of rotatable bonds is 59. The molecule has 422 valence electrons. The number of carbonyl (C=O) groups is 3. The summed E-state index contributed by atoms with van der Waals surface area (Å²) >= 11 is 0. The number of hydrogen-bond donors (Lipinski definition) is 0. The number of hydrogen-bond acceptors (Lipinski definition) is 6. The van der Waals surface area contributed by atoms with E-state index in [9.17, 15) is 14.4 Å². The molecule has 0 rings (SSSR count). The fraction of sp³-hybridized carbons (Fsp3) is 0.954. The quantitative estimate of drug-likeness (QED) is 0.0343. The van der Waals surface area contributed by atoms with Crippen LogP contribution in [-0.4, -0.2) is 37.2 Å². The zero-order valence-corrected chi connectivity index (χ0v) is 48.9. The van der Waals surface area contributed by atoms with Gasteiger partial charge in [0.05, 0.1) is 0 Å². The van der Waals surface area contributed by atoms with Crippen molar-refractivity contribution in [1.29, 1.82) is 0 Å².